The molecule has 1 rings (SSSR count). The van der Waals surface area contributed by atoms with E-state index < -0.39 is 0 Å². The average molecular weight is 284 g/mol. The van der Waals surface area contributed by atoms with Gasteiger partial charge in [0.05, 0.1) is 11.2 Å². The lowest BCUT2D eigenvalue weighted by Gasteiger charge is -2.32. The van der Waals surface area contributed by atoms with E-state index >= 15 is 0 Å². The van der Waals surface area contributed by atoms with Crippen molar-refractivity contribution < 1.29 is 14.0 Å². The predicted molar refractivity (Wildman–Crippen MR) is 84.9 cm³/mol. The van der Waals surface area contributed by atoms with E-state index in [-0.39, 0.29) is 18.3 Å². The summed E-state index contributed by atoms with van der Waals surface area (Å²) in [5, 5.41) is 0. The first-order valence-electron chi connectivity index (χ1n) is 8.07. The smallest absolute Gasteiger partial charge is 0.403 e. The molecule has 1 aliphatic heterocycles. The summed E-state index contributed by atoms with van der Waals surface area (Å²) >= 11 is 0. The molecule has 1 fully saturated rings. The summed E-state index contributed by atoms with van der Waals surface area (Å²) in [6, 6.07) is 0. The highest BCUT2D eigenvalue weighted by atomic mass is 16.7. The van der Waals surface area contributed by atoms with E-state index in [1.807, 2.05) is 0 Å². The van der Waals surface area contributed by atoms with Gasteiger partial charge in [0.1, 0.15) is 0 Å². The van der Waals surface area contributed by atoms with Gasteiger partial charge in [0.15, 0.2) is 0 Å². The Morgan fingerprint density at radius 1 is 0.900 bits per heavy atom. The molecule has 0 bridgehead atoms. The van der Waals surface area contributed by atoms with Crippen LogP contribution in [0.2, 0.25) is 6.32 Å². The highest BCUT2D eigenvalue weighted by Crippen LogP contribution is 2.38. The lowest BCUT2D eigenvalue weighted by atomic mass is 9.77. The van der Waals surface area contributed by atoms with Crippen molar-refractivity contribution in [2.75, 3.05) is 13.2 Å². The zero-order valence-electron chi connectivity index (χ0n) is 14.5. The second-order valence-corrected chi connectivity index (χ2v) is 7.61. The summed E-state index contributed by atoms with van der Waals surface area (Å²) in [4.78, 5) is 0. The number of rotatable bonds is 8. The molecule has 1 heterocycles. The summed E-state index contributed by atoms with van der Waals surface area (Å²) in [5.74, 6) is 1.28. The fraction of sp³-hybridized carbons (Fsp3) is 1.00. The van der Waals surface area contributed by atoms with E-state index in [2.05, 4.69) is 48.5 Å². The van der Waals surface area contributed by atoms with Crippen molar-refractivity contribution in [1.29, 1.82) is 0 Å². The third-order valence-corrected chi connectivity index (χ3v) is 4.49. The van der Waals surface area contributed by atoms with Gasteiger partial charge in [-0.1, -0.05) is 20.8 Å². The van der Waals surface area contributed by atoms with Gasteiger partial charge in [0, 0.05) is 13.2 Å². The second kappa shape index (κ2) is 7.28. The zero-order valence-corrected chi connectivity index (χ0v) is 14.5. The molecule has 3 nitrogen and oxygen atoms in total. The first-order chi connectivity index (χ1) is 9.14. The van der Waals surface area contributed by atoms with Gasteiger partial charge < -0.3 is 14.0 Å². The van der Waals surface area contributed by atoms with Crippen LogP contribution < -0.4 is 0 Å². The van der Waals surface area contributed by atoms with Gasteiger partial charge in [0.2, 0.25) is 0 Å². The molecule has 0 N–H and O–H groups in total. The van der Waals surface area contributed by atoms with E-state index in [9.17, 15) is 0 Å². The van der Waals surface area contributed by atoms with Gasteiger partial charge in [0.25, 0.3) is 0 Å². The topological polar surface area (TPSA) is 27.7 Å². The molecule has 0 aliphatic carbocycles. The minimum absolute atomic E-state index is 0.0781. The second-order valence-electron chi connectivity index (χ2n) is 7.61. The number of hydrogen-bond acceptors (Lipinski definition) is 3. The molecule has 20 heavy (non-hydrogen) atoms. The SMILES string of the molecule is CC(C)CCOCCC(C)CB1OC(C)(C)C(C)(C)O1. The summed E-state index contributed by atoms with van der Waals surface area (Å²) in [6.45, 7) is 16.8. The van der Waals surface area contributed by atoms with Gasteiger partial charge in [-0.15, -0.1) is 0 Å². The Morgan fingerprint density at radius 3 is 1.90 bits per heavy atom. The fourth-order valence-corrected chi connectivity index (χ4v) is 2.21. The van der Waals surface area contributed by atoms with E-state index in [1.54, 1.807) is 0 Å². The molecular weight excluding hydrogens is 251 g/mol. The predicted octanol–water partition coefficient (Wildman–Crippen LogP) is 4.17. The van der Waals surface area contributed by atoms with Crippen LogP contribution >= 0.6 is 0 Å². The Kier molecular flexibility index (Phi) is 6.55. The third-order valence-electron chi connectivity index (χ3n) is 4.49. The first-order valence-corrected chi connectivity index (χ1v) is 8.07. The van der Waals surface area contributed by atoms with Crippen LogP contribution in [0.3, 0.4) is 0 Å². The molecule has 0 amide bonds. The fourth-order valence-electron chi connectivity index (χ4n) is 2.21. The Balaban J connectivity index is 2.19. The first kappa shape index (κ1) is 18.0. The van der Waals surface area contributed by atoms with Crippen LogP contribution in [0.5, 0.6) is 0 Å². The Morgan fingerprint density at radius 2 is 1.40 bits per heavy atom. The van der Waals surface area contributed by atoms with E-state index in [4.69, 9.17) is 14.0 Å². The van der Waals surface area contributed by atoms with Crippen molar-refractivity contribution in [2.24, 2.45) is 11.8 Å². The standard InChI is InChI=1S/C16H33BO3/c1-13(2)8-10-18-11-9-14(3)12-17-19-15(4,5)16(6,7)20-17/h13-14H,8-12H2,1-7H3. The van der Waals surface area contributed by atoms with Crippen molar-refractivity contribution in [2.45, 2.75) is 78.8 Å². The van der Waals surface area contributed by atoms with Crippen LogP contribution in [0.15, 0.2) is 0 Å². The zero-order chi connectivity index (χ0) is 15.4. The number of ether oxygens (including phenoxy) is 1. The molecule has 1 unspecified atom stereocenters. The van der Waals surface area contributed by atoms with Crippen molar-refractivity contribution in [1.82, 2.24) is 0 Å². The van der Waals surface area contributed by atoms with Crippen LogP contribution in [-0.2, 0) is 14.0 Å². The van der Waals surface area contributed by atoms with Crippen LogP contribution in [0.4, 0.5) is 0 Å². The molecule has 0 saturated carbocycles. The maximum Gasteiger partial charge on any atom is 0.458 e. The van der Waals surface area contributed by atoms with Crippen LogP contribution in [-0.4, -0.2) is 31.5 Å². The third kappa shape index (κ3) is 5.38. The molecular formula is C16H33BO3. The molecule has 1 saturated heterocycles. The van der Waals surface area contributed by atoms with E-state index in [1.165, 1.54) is 0 Å². The lowest BCUT2D eigenvalue weighted by Crippen LogP contribution is -2.41. The average Bonchev–Trinajstić information content (AvgIpc) is 2.45. The van der Waals surface area contributed by atoms with Crippen molar-refractivity contribution in [3.63, 3.8) is 0 Å². The maximum atomic E-state index is 6.03. The Labute approximate surface area is 125 Å². The summed E-state index contributed by atoms with van der Waals surface area (Å²) in [6.07, 6.45) is 3.16. The van der Waals surface area contributed by atoms with Crippen LogP contribution in [0.25, 0.3) is 0 Å². The quantitative estimate of drug-likeness (QED) is 0.494. The van der Waals surface area contributed by atoms with E-state index in [0.717, 1.165) is 38.3 Å². The Hall–Kier alpha value is -0.0551. The lowest BCUT2D eigenvalue weighted by molar-refractivity contribution is 0.00578. The normalized spacial score (nSPS) is 22.5. The van der Waals surface area contributed by atoms with Gasteiger partial charge in [-0.3, -0.25) is 0 Å². The van der Waals surface area contributed by atoms with Crippen LogP contribution in [0.1, 0.15) is 61.3 Å². The molecule has 0 aromatic heterocycles. The van der Waals surface area contributed by atoms with Crippen molar-refractivity contribution in [3.05, 3.63) is 0 Å². The van der Waals surface area contributed by atoms with Crippen molar-refractivity contribution in [3.8, 4) is 0 Å². The summed E-state index contributed by atoms with van der Waals surface area (Å²) in [7, 11) is -0.0781. The molecule has 0 radical (unpaired) electrons. The molecule has 4 heteroatoms. The van der Waals surface area contributed by atoms with Gasteiger partial charge in [-0.2, -0.15) is 0 Å². The minimum atomic E-state index is -0.217. The van der Waals surface area contributed by atoms with Crippen LogP contribution in [0, 0.1) is 11.8 Å². The summed E-state index contributed by atoms with van der Waals surface area (Å²) < 4.78 is 17.7. The Bertz CT molecular complexity index is 273. The maximum absolute atomic E-state index is 6.03. The molecule has 118 valence electrons. The number of hydrogen-bond donors (Lipinski definition) is 0. The highest BCUT2D eigenvalue weighted by molar-refractivity contribution is 6.45. The molecule has 1 aliphatic rings. The van der Waals surface area contributed by atoms with Gasteiger partial charge >= 0.3 is 7.12 Å². The van der Waals surface area contributed by atoms with Gasteiger partial charge in [-0.05, 0) is 58.7 Å². The molecule has 0 spiro atoms. The summed E-state index contributed by atoms with van der Waals surface area (Å²) in [5.41, 5.74) is -0.434. The van der Waals surface area contributed by atoms with E-state index in [0.29, 0.717) is 5.92 Å². The molecule has 0 aromatic carbocycles. The highest BCUT2D eigenvalue weighted by Gasteiger charge is 2.50. The molecule has 1 atom stereocenters. The molecule has 0 aromatic rings. The monoisotopic (exact) mass is 284 g/mol. The van der Waals surface area contributed by atoms with Gasteiger partial charge in [-0.25, -0.2) is 0 Å². The van der Waals surface area contributed by atoms with Crippen molar-refractivity contribution >= 4 is 7.12 Å². The minimum Gasteiger partial charge on any atom is -0.403 e. The largest absolute Gasteiger partial charge is 0.458 e.